The summed E-state index contributed by atoms with van der Waals surface area (Å²) in [7, 11) is 0. The van der Waals surface area contributed by atoms with Crippen LogP contribution in [0.2, 0.25) is 0 Å². The zero-order chi connectivity index (χ0) is 34.4. The number of rotatable bonds is 3. The largest absolute Gasteiger partial charge is 0.457 e. The molecule has 4 heteroatoms. The predicted octanol–water partition coefficient (Wildman–Crippen LogP) is 12.5. The standard InChI is InChI=1S/C48H36N2O2/c1-30-12-9-16-35-46-34(15-10-20-41(46)50(47(30)35)33-13-3-2-4-14-33)31-23-25-38-44(28-31)51-42-21-7-5-17-36(42)48(38)37-18-6-8-22-43(37)52-45-29-32(24-26-39(45)48)40-19-11-27-49-40/h2-11,13,15-30,33,49H,12,14H2,1H3. The van der Waals surface area contributed by atoms with Gasteiger partial charge >= 0.3 is 0 Å². The summed E-state index contributed by atoms with van der Waals surface area (Å²) in [6.45, 7) is 2.37. The molecule has 4 heterocycles. The second-order valence-electron chi connectivity index (χ2n) is 14.5. The zero-order valence-electron chi connectivity index (χ0n) is 28.8. The fraction of sp³-hybridized carbons (Fsp3) is 0.125. The quantitative estimate of drug-likeness (QED) is 0.203. The number of ether oxygens (including phenoxy) is 2. The second-order valence-corrected chi connectivity index (χ2v) is 14.5. The minimum atomic E-state index is -0.644. The minimum Gasteiger partial charge on any atom is -0.457 e. The van der Waals surface area contributed by atoms with Crippen molar-refractivity contribution in [3.05, 3.63) is 185 Å². The smallest absolute Gasteiger partial charge is 0.132 e. The van der Waals surface area contributed by atoms with Gasteiger partial charge in [-0.1, -0.05) is 116 Å². The lowest BCUT2D eigenvalue weighted by Crippen LogP contribution is -2.36. The number of nitrogens with one attached hydrogen (secondary N) is 1. The summed E-state index contributed by atoms with van der Waals surface area (Å²) >= 11 is 0. The van der Waals surface area contributed by atoms with Crippen molar-refractivity contribution in [1.29, 1.82) is 0 Å². The molecule has 0 bridgehead atoms. The van der Waals surface area contributed by atoms with Crippen LogP contribution in [0.5, 0.6) is 23.0 Å². The van der Waals surface area contributed by atoms with Crippen molar-refractivity contribution in [2.75, 3.05) is 0 Å². The molecule has 0 amide bonds. The summed E-state index contributed by atoms with van der Waals surface area (Å²) in [4.78, 5) is 3.37. The highest BCUT2D eigenvalue weighted by molar-refractivity contribution is 6.03. The number of allylic oxidation sites excluding steroid dienone is 5. The molecule has 5 aromatic carbocycles. The van der Waals surface area contributed by atoms with Crippen molar-refractivity contribution in [2.45, 2.75) is 37.1 Å². The molecule has 7 aromatic rings. The molecule has 3 atom stereocenters. The van der Waals surface area contributed by atoms with Crippen LogP contribution in [0.15, 0.2) is 152 Å². The summed E-state index contributed by atoms with van der Waals surface area (Å²) in [5.41, 5.74) is 12.4. The number of nitrogens with zero attached hydrogens (tertiary/aromatic N) is 1. The van der Waals surface area contributed by atoms with Gasteiger partial charge in [-0.3, -0.25) is 0 Å². The molecular weight excluding hydrogens is 637 g/mol. The lowest BCUT2D eigenvalue weighted by atomic mass is 9.62. The third kappa shape index (κ3) is 4.03. The van der Waals surface area contributed by atoms with E-state index in [0.29, 0.717) is 12.0 Å². The molecule has 3 unspecified atom stereocenters. The molecule has 11 rings (SSSR count). The Morgan fingerprint density at radius 3 is 2.08 bits per heavy atom. The molecule has 4 aliphatic rings. The van der Waals surface area contributed by atoms with E-state index in [0.717, 1.165) is 74.9 Å². The van der Waals surface area contributed by atoms with Gasteiger partial charge in [0.2, 0.25) is 0 Å². The van der Waals surface area contributed by atoms with E-state index in [4.69, 9.17) is 9.47 Å². The van der Waals surface area contributed by atoms with Gasteiger partial charge in [-0.05, 0) is 66.4 Å². The normalized spacial score (nSPS) is 20.4. The molecule has 0 radical (unpaired) electrons. The maximum atomic E-state index is 6.94. The number of fused-ring (bicyclic) bond motifs is 11. The number of benzene rings is 5. The molecule has 0 saturated carbocycles. The van der Waals surface area contributed by atoms with E-state index in [2.05, 4.69) is 162 Å². The van der Waals surface area contributed by atoms with Crippen LogP contribution < -0.4 is 9.47 Å². The molecule has 2 aliphatic heterocycles. The predicted molar refractivity (Wildman–Crippen MR) is 210 cm³/mol. The van der Waals surface area contributed by atoms with E-state index < -0.39 is 5.41 Å². The first kappa shape index (κ1) is 29.5. The van der Waals surface area contributed by atoms with Crippen LogP contribution in [0.3, 0.4) is 0 Å². The summed E-state index contributed by atoms with van der Waals surface area (Å²) in [5, 5.41) is 1.31. The van der Waals surface area contributed by atoms with Gasteiger partial charge in [0.25, 0.3) is 0 Å². The molecular formula is C48H36N2O2. The highest BCUT2D eigenvalue weighted by Crippen LogP contribution is 2.62. The maximum absolute atomic E-state index is 6.94. The summed E-state index contributed by atoms with van der Waals surface area (Å²) in [6.07, 6.45) is 17.7. The van der Waals surface area contributed by atoms with E-state index in [1.165, 1.54) is 27.7 Å². The topological polar surface area (TPSA) is 39.2 Å². The Labute approximate surface area is 303 Å². The summed E-state index contributed by atoms with van der Waals surface area (Å²) in [6, 6.07) is 41.8. The van der Waals surface area contributed by atoms with Crippen molar-refractivity contribution in [3.63, 3.8) is 0 Å². The number of H-pyrrole nitrogens is 1. The van der Waals surface area contributed by atoms with Crippen molar-refractivity contribution < 1.29 is 9.47 Å². The molecule has 250 valence electrons. The van der Waals surface area contributed by atoms with Gasteiger partial charge in [-0.25, -0.2) is 0 Å². The number of aromatic amines is 1. The highest BCUT2D eigenvalue weighted by atomic mass is 16.5. The second kappa shape index (κ2) is 11.1. The molecule has 52 heavy (non-hydrogen) atoms. The van der Waals surface area contributed by atoms with Crippen LogP contribution >= 0.6 is 0 Å². The molecule has 0 fully saturated rings. The van der Waals surface area contributed by atoms with Crippen LogP contribution in [-0.4, -0.2) is 9.55 Å². The molecule has 0 saturated heterocycles. The Balaban J connectivity index is 1.16. The number of hydrogen-bond acceptors (Lipinski definition) is 2. The van der Waals surface area contributed by atoms with Gasteiger partial charge in [0.1, 0.15) is 23.0 Å². The van der Waals surface area contributed by atoms with Crippen molar-refractivity contribution in [1.82, 2.24) is 9.55 Å². The lowest BCUT2D eigenvalue weighted by molar-refractivity contribution is 0.399. The molecule has 1 N–H and O–H groups in total. The molecule has 2 aliphatic carbocycles. The first-order valence-corrected chi connectivity index (χ1v) is 18.3. The first-order chi connectivity index (χ1) is 25.7. The maximum Gasteiger partial charge on any atom is 0.132 e. The van der Waals surface area contributed by atoms with Crippen LogP contribution in [0.4, 0.5) is 0 Å². The first-order valence-electron chi connectivity index (χ1n) is 18.3. The van der Waals surface area contributed by atoms with Gasteiger partial charge in [-0.2, -0.15) is 0 Å². The fourth-order valence-corrected chi connectivity index (χ4v) is 9.46. The van der Waals surface area contributed by atoms with Gasteiger partial charge < -0.3 is 19.0 Å². The zero-order valence-corrected chi connectivity index (χ0v) is 28.8. The van der Waals surface area contributed by atoms with Gasteiger partial charge in [0.15, 0.2) is 0 Å². The fourth-order valence-electron chi connectivity index (χ4n) is 9.46. The lowest BCUT2D eigenvalue weighted by Gasteiger charge is -2.45. The van der Waals surface area contributed by atoms with E-state index >= 15 is 0 Å². The summed E-state index contributed by atoms with van der Waals surface area (Å²) < 4.78 is 16.3. The average molecular weight is 673 g/mol. The number of hydrogen-bond donors (Lipinski definition) is 1. The van der Waals surface area contributed by atoms with Crippen molar-refractivity contribution in [3.8, 4) is 45.4 Å². The highest BCUT2D eigenvalue weighted by Gasteiger charge is 2.50. The van der Waals surface area contributed by atoms with Crippen molar-refractivity contribution in [2.24, 2.45) is 0 Å². The Morgan fingerprint density at radius 2 is 1.37 bits per heavy atom. The monoisotopic (exact) mass is 672 g/mol. The molecule has 4 nitrogen and oxygen atoms in total. The molecule has 2 aromatic heterocycles. The number of aromatic nitrogens is 2. The Kier molecular flexibility index (Phi) is 6.30. The van der Waals surface area contributed by atoms with E-state index in [1.807, 2.05) is 12.3 Å². The van der Waals surface area contributed by atoms with Crippen LogP contribution in [0, 0.1) is 0 Å². The minimum absolute atomic E-state index is 0.301. The van der Waals surface area contributed by atoms with Crippen LogP contribution in [0.1, 0.15) is 65.2 Å². The van der Waals surface area contributed by atoms with Gasteiger partial charge in [0, 0.05) is 62.3 Å². The Hall–Kier alpha value is -6.26. The van der Waals surface area contributed by atoms with Crippen LogP contribution in [-0.2, 0) is 5.41 Å². The third-order valence-electron chi connectivity index (χ3n) is 11.7. The van der Waals surface area contributed by atoms with Crippen molar-refractivity contribution >= 4 is 17.0 Å². The third-order valence-corrected chi connectivity index (χ3v) is 11.7. The Bertz CT molecular complexity index is 2660. The van der Waals surface area contributed by atoms with Gasteiger partial charge in [0.05, 0.1) is 17.0 Å². The Morgan fingerprint density at radius 1 is 0.654 bits per heavy atom. The average Bonchev–Trinajstić information content (AvgIpc) is 3.86. The van der Waals surface area contributed by atoms with E-state index in [-0.39, 0.29) is 0 Å². The SMILES string of the molecule is CC1CC=Cc2c1n(C1C=CC=CC1)c1cccc(-c3ccc4c(c3)Oc3ccccc3C43c4ccccc4Oc4cc(-c5ccc[nH]5)ccc43)c21. The van der Waals surface area contributed by atoms with Crippen LogP contribution in [0.25, 0.3) is 39.4 Å². The molecule has 1 spiro atoms. The number of para-hydroxylation sites is 2. The van der Waals surface area contributed by atoms with E-state index in [9.17, 15) is 0 Å². The van der Waals surface area contributed by atoms with E-state index in [1.54, 1.807) is 0 Å². The van der Waals surface area contributed by atoms with Gasteiger partial charge in [-0.15, -0.1) is 0 Å². The summed E-state index contributed by atoms with van der Waals surface area (Å²) in [5.74, 6) is 3.87.